The third-order valence-electron chi connectivity index (χ3n) is 3.53. The highest BCUT2D eigenvalue weighted by Crippen LogP contribution is 2.38. The molecule has 0 aromatic heterocycles. The quantitative estimate of drug-likeness (QED) is 0.912. The van der Waals surface area contributed by atoms with E-state index in [9.17, 15) is 4.79 Å². The molecule has 2 N–H and O–H groups in total. The fourth-order valence-corrected chi connectivity index (χ4v) is 2.94. The minimum absolute atomic E-state index is 0.0547. The molecule has 0 radical (unpaired) electrons. The number of rotatable bonds is 3. The van der Waals surface area contributed by atoms with Crippen LogP contribution in [0.1, 0.15) is 11.6 Å². The predicted molar refractivity (Wildman–Crippen MR) is 87.2 cm³/mol. The van der Waals surface area contributed by atoms with Gasteiger partial charge in [-0.1, -0.05) is 35.9 Å². The smallest absolute Gasteiger partial charge is 0.251 e. The lowest BCUT2D eigenvalue weighted by molar-refractivity contribution is -0.116. The summed E-state index contributed by atoms with van der Waals surface area (Å²) in [6, 6.07) is 12.9. The Bertz CT molecular complexity index is 700. The molecule has 0 saturated heterocycles. The molecule has 0 bridgehead atoms. The highest BCUT2D eigenvalue weighted by Gasteiger charge is 2.30. The second-order valence-electron chi connectivity index (χ2n) is 5.18. The largest absolute Gasteiger partial charge is 0.375 e. The lowest BCUT2D eigenvalue weighted by Crippen LogP contribution is -2.21. The van der Waals surface area contributed by atoms with Crippen molar-refractivity contribution in [3.63, 3.8) is 0 Å². The first-order valence-corrected chi connectivity index (χ1v) is 7.08. The van der Waals surface area contributed by atoms with Crippen LogP contribution in [0.2, 0.25) is 5.02 Å². The van der Waals surface area contributed by atoms with E-state index in [-0.39, 0.29) is 5.91 Å². The maximum absolute atomic E-state index is 12.2. The first-order chi connectivity index (χ1) is 10.1. The molecule has 2 aromatic rings. The summed E-state index contributed by atoms with van der Waals surface area (Å²) in [7, 11) is 3.85. The second kappa shape index (κ2) is 5.30. The summed E-state index contributed by atoms with van der Waals surface area (Å²) in [6.45, 7) is 0. The van der Waals surface area contributed by atoms with E-state index in [1.165, 1.54) is 0 Å². The molecule has 1 unspecified atom stereocenters. The summed E-state index contributed by atoms with van der Waals surface area (Å²) < 4.78 is 0. The number of halogens is 1. The molecular weight excluding hydrogens is 286 g/mol. The summed E-state index contributed by atoms with van der Waals surface area (Å²) in [5, 5.41) is 6.83. The van der Waals surface area contributed by atoms with Gasteiger partial charge in [-0.3, -0.25) is 4.79 Å². The predicted octanol–water partition coefficient (Wildman–Crippen LogP) is 3.51. The standard InChI is InChI=1S/C16H16ClN3O/c1-20(2)15-11(17)7-5-9-13(15)18-14-10-6-3-4-8-12(10)19-16(14)21/h3-9,14,18H,1-2H3,(H,19,21). The molecule has 2 aromatic carbocycles. The van der Waals surface area contributed by atoms with Gasteiger partial charge in [-0.25, -0.2) is 0 Å². The number of benzene rings is 2. The zero-order valence-corrected chi connectivity index (χ0v) is 12.6. The minimum atomic E-state index is -0.404. The number of para-hydroxylation sites is 2. The molecule has 21 heavy (non-hydrogen) atoms. The molecule has 0 aliphatic carbocycles. The topological polar surface area (TPSA) is 44.4 Å². The van der Waals surface area contributed by atoms with Gasteiger partial charge < -0.3 is 15.5 Å². The molecule has 5 heteroatoms. The van der Waals surface area contributed by atoms with Crippen molar-refractivity contribution < 1.29 is 4.79 Å². The fourth-order valence-electron chi connectivity index (χ4n) is 2.59. The Balaban J connectivity index is 1.98. The van der Waals surface area contributed by atoms with Crippen LogP contribution >= 0.6 is 11.6 Å². The number of carbonyl (C=O) groups is 1. The average molecular weight is 302 g/mol. The number of nitrogens with zero attached hydrogens (tertiary/aromatic N) is 1. The van der Waals surface area contributed by atoms with Crippen LogP contribution < -0.4 is 15.5 Å². The number of carbonyl (C=O) groups excluding carboxylic acids is 1. The Hall–Kier alpha value is -2.20. The van der Waals surface area contributed by atoms with Gasteiger partial charge in [-0.15, -0.1) is 0 Å². The van der Waals surface area contributed by atoms with Gasteiger partial charge >= 0.3 is 0 Å². The number of anilines is 3. The molecule has 1 heterocycles. The molecule has 1 atom stereocenters. The van der Waals surface area contributed by atoms with E-state index in [1.807, 2.05) is 61.5 Å². The third-order valence-corrected chi connectivity index (χ3v) is 3.83. The average Bonchev–Trinajstić information content (AvgIpc) is 2.75. The third kappa shape index (κ3) is 2.43. The van der Waals surface area contributed by atoms with Crippen LogP contribution in [0.3, 0.4) is 0 Å². The number of nitrogens with one attached hydrogen (secondary N) is 2. The Labute approximate surface area is 128 Å². The number of hydrogen-bond donors (Lipinski definition) is 2. The molecule has 0 spiro atoms. The molecule has 1 aliphatic rings. The van der Waals surface area contributed by atoms with E-state index in [2.05, 4.69) is 10.6 Å². The summed E-state index contributed by atoms with van der Waals surface area (Å²) >= 11 is 6.26. The first-order valence-electron chi connectivity index (χ1n) is 6.70. The van der Waals surface area contributed by atoms with Gasteiger partial charge in [0.25, 0.3) is 5.91 Å². The van der Waals surface area contributed by atoms with Crippen molar-refractivity contribution in [3.8, 4) is 0 Å². The van der Waals surface area contributed by atoms with Crippen molar-refractivity contribution in [1.82, 2.24) is 0 Å². The van der Waals surface area contributed by atoms with Crippen molar-refractivity contribution in [2.75, 3.05) is 29.6 Å². The van der Waals surface area contributed by atoms with Gasteiger partial charge in [0.1, 0.15) is 6.04 Å². The van der Waals surface area contributed by atoms with Crippen LogP contribution in [0, 0.1) is 0 Å². The van der Waals surface area contributed by atoms with Crippen LogP contribution in [-0.2, 0) is 4.79 Å². The van der Waals surface area contributed by atoms with E-state index < -0.39 is 6.04 Å². The lowest BCUT2D eigenvalue weighted by atomic mass is 10.1. The molecule has 0 saturated carbocycles. The van der Waals surface area contributed by atoms with Gasteiger partial charge in [-0.2, -0.15) is 0 Å². The Morgan fingerprint density at radius 3 is 2.67 bits per heavy atom. The highest BCUT2D eigenvalue weighted by atomic mass is 35.5. The van der Waals surface area contributed by atoms with Gasteiger partial charge in [-0.05, 0) is 18.2 Å². The Kier molecular flexibility index (Phi) is 3.47. The van der Waals surface area contributed by atoms with Gasteiger partial charge in [0, 0.05) is 25.3 Å². The summed E-state index contributed by atoms with van der Waals surface area (Å²) in [6.07, 6.45) is 0. The zero-order valence-electron chi connectivity index (χ0n) is 11.9. The normalized spacial score (nSPS) is 16.3. The Morgan fingerprint density at radius 1 is 1.14 bits per heavy atom. The van der Waals surface area contributed by atoms with E-state index in [0.29, 0.717) is 5.02 Å². The molecule has 1 aliphatic heterocycles. The van der Waals surface area contributed by atoms with Crippen LogP contribution in [0.15, 0.2) is 42.5 Å². The zero-order chi connectivity index (χ0) is 15.0. The maximum Gasteiger partial charge on any atom is 0.251 e. The van der Waals surface area contributed by atoms with Crippen LogP contribution in [0.5, 0.6) is 0 Å². The molecule has 0 fully saturated rings. The molecule has 1 amide bonds. The Morgan fingerprint density at radius 2 is 1.90 bits per heavy atom. The monoisotopic (exact) mass is 301 g/mol. The number of hydrogen-bond acceptors (Lipinski definition) is 3. The maximum atomic E-state index is 12.2. The van der Waals surface area contributed by atoms with Gasteiger partial charge in [0.05, 0.1) is 16.4 Å². The molecule has 108 valence electrons. The van der Waals surface area contributed by atoms with Crippen LogP contribution in [0.25, 0.3) is 0 Å². The molecular formula is C16H16ClN3O. The van der Waals surface area contributed by atoms with E-state index in [1.54, 1.807) is 0 Å². The van der Waals surface area contributed by atoms with Crippen molar-refractivity contribution in [2.45, 2.75) is 6.04 Å². The number of amides is 1. The summed E-state index contributed by atoms with van der Waals surface area (Å²) in [5.41, 5.74) is 3.52. The highest BCUT2D eigenvalue weighted by molar-refractivity contribution is 6.34. The first kappa shape index (κ1) is 13.8. The summed E-state index contributed by atoms with van der Waals surface area (Å²) in [5.74, 6) is -0.0547. The van der Waals surface area contributed by atoms with Crippen molar-refractivity contribution >= 4 is 34.6 Å². The van der Waals surface area contributed by atoms with E-state index in [4.69, 9.17) is 11.6 Å². The fraction of sp³-hybridized carbons (Fsp3) is 0.188. The molecule has 4 nitrogen and oxygen atoms in total. The van der Waals surface area contributed by atoms with E-state index >= 15 is 0 Å². The van der Waals surface area contributed by atoms with Gasteiger partial charge in [0.2, 0.25) is 0 Å². The summed E-state index contributed by atoms with van der Waals surface area (Å²) in [4.78, 5) is 14.1. The van der Waals surface area contributed by atoms with E-state index in [0.717, 1.165) is 22.6 Å². The number of fused-ring (bicyclic) bond motifs is 1. The molecule has 3 rings (SSSR count). The van der Waals surface area contributed by atoms with Gasteiger partial charge in [0.15, 0.2) is 0 Å². The van der Waals surface area contributed by atoms with Crippen LogP contribution in [0.4, 0.5) is 17.1 Å². The SMILES string of the molecule is CN(C)c1c(Cl)cccc1NC1C(=O)Nc2ccccc21. The van der Waals surface area contributed by atoms with Crippen molar-refractivity contribution in [1.29, 1.82) is 0 Å². The lowest BCUT2D eigenvalue weighted by Gasteiger charge is -2.22. The minimum Gasteiger partial charge on any atom is -0.375 e. The van der Waals surface area contributed by atoms with Crippen molar-refractivity contribution in [2.24, 2.45) is 0 Å². The van der Waals surface area contributed by atoms with Crippen LogP contribution in [-0.4, -0.2) is 20.0 Å². The van der Waals surface area contributed by atoms with Crippen molar-refractivity contribution in [3.05, 3.63) is 53.1 Å². The second-order valence-corrected chi connectivity index (χ2v) is 5.59.